The Morgan fingerprint density at radius 3 is 0.909 bits per heavy atom. The molecule has 0 spiro atoms. The molecule has 0 aromatic heterocycles. The Kier molecular flexibility index (Phi) is 68.1. The Bertz CT molecular complexity index is 1900. The van der Waals surface area contributed by atoms with Crippen LogP contribution < -0.4 is 29.9 Å². The molecule has 0 saturated heterocycles. The van der Waals surface area contributed by atoms with E-state index in [2.05, 4.69) is 20.0 Å². The Balaban J connectivity index is -0.000000123. The van der Waals surface area contributed by atoms with E-state index in [4.69, 9.17) is 63.9 Å². The van der Waals surface area contributed by atoms with Gasteiger partial charge in [-0.05, 0) is 47.2 Å². The molecular weight excluding hydrogens is 1040 g/mol. The fourth-order valence-corrected chi connectivity index (χ4v) is 3.92. The molecule has 2 N–H and O–H groups in total. The zero-order valence-electron chi connectivity index (χ0n) is 35.5. The molecule has 0 atom stereocenters. The summed E-state index contributed by atoms with van der Waals surface area (Å²) in [6, 6.07) is 23.7. The van der Waals surface area contributed by atoms with Gasteiger partial charge in [0.2, 0.25) is 0 Å². The molecule has 4 rings (SSSR count). The Hall–Kier alpha value is -6.45. The van der Waals surface area contributed by atoms with Crippen LogP contribution in [0.5, 0.6) is 34.5 Å². The zero-order chi connectivity index (χ0) is 47.8. The molecule has 358 valence electrons. The van der Waals surface area contributed by atoms with Crippen molar-refractivity contribution in [3.63, 3.8) is 0 Å². The minimum Gasteiger partial charge on any atom is -0.872 e. The second-order valence-corrected chi connectivity index (χ2v) is 10.0. The smallest absolute Gasteiger partial charge is 0.872 e. The molecule has 0 aliphatic rings. The van der Waals surface area contributed by atoms with Crippen molar-refractivity contribution in [1.82, 2.24) is 0 Å². The van der Waals surface area contributed by atoms with Crippen molar-refractivity contribution in [1.29, 1.82) is 0 Å². The summed E-state index contributed by atoms with van der Waals surface area (Å²) < 4.78 is 9.96. The van der Waals surface area contributed by atoms with Crippen LogP contribution >= 0.6 is 0 Å². The second-order valence-electron chi connectivity index (χ2n) is 10.0. The van der Waals surface area contributed by atoms with Crippen LogP contribution in [0.4, 0.5) is 0 Å². The van der Waals surface area contributed by atoms with Crippen molar-refractivity contribution >= 4 is 24.9 Å². The number of ether oxygens (including phenoxy) is 2. The van der Waals surface area contributed by atoms with Crippen molar-refractivity contribution in [2.45, 2.75) is 12.8 Å². The number of aliphatic imine (C=N–C) groups is 4. The molecule has 66 heavy (non-hydrogen) atoms. The average molecular weight is 1080 g/mol. The number of aliphatic hydroxyl groups is 2. The minimum atomic E-state index is -0.163. The Morgan fingerprint density at radius 2 is 0.667 bits per heavy atom. The van der Waals surface area contributed by atoms with E-state index in [1.807, 2.05) is 12.1 Å². The van der Waals surface area contributed by atoms with Gasteiger partial charge in [-0.15, -0.1) is 11.5 Å². The molecule has 4 aromatic rings. The van der Waals surface area contributed by atoms with Crippen molar-refractivity contribution in [3.05, 3.63) is 171 Å². The first-order chi connectivity index (χ1) is 30.1. The van der Waals surface area contributed by atoms with Crippen molar-refractivity contribution in [2.24, 2.45) is 20.0 Å². The number of methoxy groups -OCH3 is 2. The summed E-state index contributed by atoms with van der Waals surface area (Å²) >= 11 is 0. The van der Waals surface area contributed by atoms with Crippen LogP contribution in [0.25, 0.3) is 63.9 Å². The predicted octanol–water partition coefficient (Wildman–Crippen LogP) is 6.21. The standard InChI is InChI=1S/2C18H20N2O3.2CH4O.2Mn.4N3.2Ni/c2*1-23-17-9-4-7-15(18(17)22)13-20-11-5-10-19-12-14-6-2-3-8-16(14)21;2*1-2;;;4*1-3-2;;/h2*2-4,6-9,12-13,21-22H,5,10-11H2,1H3;2*2H,1H3;;;;;;;;/q;;;;2*+2;4*-1;2*+2/p-4. The summed E-state index contributed by atoms with van der Waals surface area (Å²) in [5.74, 6) is 0.239. The molecule has 4 aromatic carbocycles. The second kappa shape index (κ2) is 58.5. The molecule has 0 fully saturated rings. The molecule has 0 aliphatic carbocycles. The van der Waals surface area contributed by atoms with Crippen LogP contribution in [0.1, 0.15) is 35.1 Å². The number of benzene rings is 4. The van der Waals surface area contributed by atoms with Gasteiger partial charge in [-0.1, -0.05) is 84.3 Å². The summed E-state index contributed by atoms with van der Waals surface area (Å²) in [5.41, 5.74) is 56.2. The van der Waals surface area contributed by atoms with E-state index in [1.165, 1.54) is 46.0 Å². The van der Waals surface area contributed by atoms with Crippen LogP contribution in [0.2, 0.25) is 0 Å². The summed E-state index contributed by atoms with van der Waals surface area (Å²) in [6.07, 6.45) is 7.77. The molecule has 0 saturated carbocycles. The zero-order valence-corrected chi connectivity index (χ0v) is 39.9. The molecule has 24 nitrogen and oxygen atoms in total. The van der Waals surface area contributed by atoms with Gasteiger partial charge in [0.25, 0.3) is 0 Å². The van der Waals surface area contributed by atoms with E-state index in [-0.39, 0.29) is 90.1 Å². The van der Waals surface area contributed by atoms with Crippen LogP contribution in [0, 0.1) is 0 Å². The number of rotatable bonds is 14. The normalized spacial score (nSPS) is 8.58. The van der Waals surface area contributed by atoms with Gasteiger partial charge < -0.3 is 84.4 Å². The number of hydrogen-bond acceptors (Lipinski definition) is 12. The molecule has 0 amide bonds. The van der Waals surface area contributed by atoms with Gasteiger partial charge in [0, 0.05) is 65.3 Å². The minimum absolute atomic E-state index is 0. The van der Waals surface area contributed by atoms with Crippen molar-refractivity contribution in [2.75, 3.05) is 54.6 Å². The van der Waals surface area contributed by atoms with E-state index in [1.54, 1.807) is 85.5 Å². The third-order valence-electron chi connectivity index (χ3n) is 6.37. The molecule has 0 unspecified atom stereocenters. The maximum Gasteiger partial charge on any atom is 2.00 e. The van der Waals surface area contributed by atoms with Crippen LogP contribution in [0.15, 0.2) is 105 Å². The monoisotopic (exact) mass is 1080 g/mol. The van der Waals surface area contributed by atoms with Gasteiger partial charge in [-0.2, -0.15) is 0 Å². The number of aliphatic hydroxyl groups excluding tert-OH is 2. The van der Waals surface area contributed by atoms with Gasteiger partial charge in [-0.25, -0.2) is 0 Å². The fraction of sp³-hybridized carbons (Fsp3) is 0.263. The van der Waals surface area contributed by atoms with Crippen LogP contribution in [-0.4, -0.2) is 89.7 Å². The molecular formula is C38H44Mn2N16Ni2O8. The van der Waals surface area contributed by atoms with Gasteiger partial charge in [-0.3, -0.25) is 39.6 Å². The quantitative estimate of drug-likeness (QED) is 0.0364. The third-order valence-corrected chi connectivity index (χ3v) is 6.37. The van der Waals surface area contributed by atoms with E-state index >= 15 is 0 Å². The van der Waals surface area contributed by atoms with Crippen LogP contribution in [-0.2, 0) is 67.1 Å². The van der Waals surface area contributed by atoms with Gasteiger partial charge >= 0.3 is 67.1 Å². The summed E-state index contributed by atoms with van der Waals surface area (Å²) in [6.45, 7) is 2.28. The van der Waals surface area contributed by atoms with Gasteiger partial charge in [0.05, 0.1) is 14.2 Å². The van der Waals surface area contributed by atoms with Crippen LogP contribution in [0.3, 0.4) is 0 Å². The predicted molar refractivity (Wildman–Crippen MR) is 232 cm³/mol. The van der Waals surface area contributed by atoms with E-state index in [0.29, 0.717) is 59.9 Å². The summed E-state index contributed by atoms with van der Waals surface area (Å²) in [5, 5.41) is 60.7. The molecule has 0 aliphatic heterocycles. The SMILES string of the molecule is CO.CO.COc1cccc(C=NCCCN=Cc2ccccc2[O-])c1[O-].COc1cccc(C=NCCCN=Cc2ccccc2[O-])c1[O-].[Mn+2].[Mn+2].[N-]=[N+]=[N-].[N-]=[N+]=[N-].[N-]=[N+]=[N-].[N-]=[N+]=[N-].[Ni+2].[Ni+2]. The number of nitrogens with zero attached hydrogens (tertiary/aromatic N) is 16. The third kappa shape index (κ3) is 40.3. The summed E-state index contributed by atoms with van der Waals surface area (Å²) in [4.78, 5) is 22.9. The summed E-state index contributed by atoms with van der Waals surface area (Å²) in [7, 11) is 4.94. The maximum atomic E-state index is 11.9. The maximum absolute atomic E-state index is 11.9. The largest absolute Gasteiger partial charge is 2.00 e. The number of para-hydroxylation sites is 4. The molecule has 2 radical (unpaired) electrons. The Labute approximate surface area is 422 Å². The molecule has 28 heteroatoms. The van der Waals surface area contributed by atoms with E-state index in [0.717, 1.165) is 27.1 Å². The fourth-order valence-electron chi connectivity index (χ4n) is 3.92. The topological polar surface area (TPSA) is 435 Å². The van der Waals surface area contributed by atoms with Gasteiger partial charge in [0.1, 0.15) is 11.5 Å². The molecule has 0 heterocycles. The first kappa shape index (κ1) is 76.8. The van der Waals surface area contributed by atoms with Crippen molar-refractivity contribution < 1.29 is 107 Å². The molecule has 0 bridgehead atoms. The van der Waals surface area contributed by atoms with Crippen molar-refractivity contribution in [3.8, 4) is 34.5 Å². The Morgan fingerprint density at radius 1 is 0.439 bits per heavy atom. The number of hydrogen-bond donors (Lipinski definition) is 2. The van der Waals surface area contributed by atoms with E-state index in [9.17, 15) is 20.4 Å². The first-order valence-electron chi connectivity index (χ1n) is 17.1. The first-order valence-corrected chi connectivity index (χ1v) is 17.1. The average Bonchev–Trinajstić information content (AvgIpc) is 3.28. The van der Waals surface area contributed by atoms with Gasteiger partial charge in [0.15, 0.2) is 0 Å². The van der Waals surface area contributed by atoms with E-state index < -0.39 is 0 Å².